The quantitative estimate of drug-likeness (QED) is 0.774. The van der Waals surface area contributed by atoms with Crippen LogP contribution in [-0.2, 0) is 14.2 Å². The molecule has 0 radical (unpaired) electrons. The minimum absolute atomic E-state index is 0.0448. The summed E-state index contributed by atoms with van der Waals surface area (Å²) in [7, 11) is 1.60. The van der Waals surface area contributed by atoms with Crippen LogP contribution in [0.1, 0.15) is 13.3 Å². The zero-order valence-electron chi connectivity index (χ0n) is 12.4. The van der Waals surface area contributed by atoms with Gasteiger partial charge in [-0.25, -0.2) is 0 Å². The molecule has 112 valence electrons. The van der Waals surface area contributed by atoms with E-state index < -0.39 is 5.97 Å². The minimum Gasteiger partial charge on any atom is -0.331 e. The van der Waals surface area contributed by atoms with E-state index in [9.17, 15) is 0 Å². The molecule has 1 heterocycles. The number of benzene rings is 1. The highest BCUT2D eigenvalue weighted by molar-refractivity contribution is 7.99. The number of methoxy groups -OCH3 is 1. The Bertz CT molecular complexity index is 554. The minimum atomic E-state index is -0.929. The summed E-state index contributed by atoms with van der Waals surface area (Å²) in [5, 5.41) is 0. The molecule has 1 aromatic carbocycles. The third-order valence-corrected chi connectivity index (χ3v) is 4.95. The van der Waals surface area contributed by atoms with Gasteiger partial charge in [0.25, 0.3) is 5.97 Å². The van der Waals surface area contributed by atoms with Gasteiger partial charge in [-0.2, -0.15) is 0 Å². The van der Waals surface area contributed by atoms with Crippen molar-refractivity contribution < 1.29 is 14.2 Å². The molecule has 1 aliphatic heterocycles. The molecule has 1 aliphatic carbocycles. The maximum atomic E-state index is 5.92. The zero-order chi connectivity index (χ0) is 14.9. The lowest BCUT2D eigenvalue weighted by Crippen LogP contribution is -2.29. The van der Waals surface area contributed by atoms with Crippen LogP contribution in [0.3, 0.4) is 0 Å². The van der Waals surface area contributed by atoms with Gasteiger partial charge in [0, 0.05) is 24.7 Å². The Hall–Kier alpha value is -1.07. The number of rotatable bonds is 5. The number of thioether (sulfide) groups is 1. The molecule has 3 rings (SSSR count). The number of hydrogen-bond donors (Lipinski definition) is 0. The first-order valence-corrected chi connectivity index (χ1v) is 8.07. The molecular weight excluding hydrogens is 284 g/mol. The van der Waals surface area contributed by atoms with E-state index in [0.717, 1.165) is 23.3 Å². The smallest absolute Gasteiger partial charge is 0.280 e. The van der Waals surface area contributed by atoms with Gasteiger partial charge in [-0.15, -0.1) is 11.8 Å². The first-order valence-electron chi connectivity index (χ1n) is 7.08. The first kappa shape index (κ1) is 14.9. The van der Waals surface area contributed by atoms with E-state index in [1.165, 1.54) is 4.90 Å². The number of hydrogen-bond acceptors (Lipinski definition) is 4. The lowest BCUT2D eigenvalue weighted by molar-refractivity contribution is -0.317. The van der Waals surface area contributed by atoms with Crippen LogP contribution in [0.15, 0.2) is 59.0 Å². The standard InChI is InChI=1S/C17H20O3S/c1-12(11-21-13-7-5-4-6-8-13)14-9-10-15-16(14)20-17(2,18-3)19-15/h4-9,15-16H,1,10-11H2,2-3H3. The topological polar surface area (TPSA) is 27.7 Å². The second-order valence-corrected chi connectivity index (χ2v) is 6.41. The van der Waals surface area contributed by atoms with Crippen molar-refractivity contribution >= 4 is 11.8 Å². The van der Waals surface area contributed by atoms with Gasteiger partial charge in [-0.3, -0.25) is 0 Å². The van der Waals surface area contributed by atoms with Crippen molar-refractivity contribution in [3.8, 4) is 0 Å². The molecule has 1 aromatic rings. The first-order chi connectivity index (χ1) is 10.1. The maximum Gasteiger partial charge on any atom is 0.280 e. The maximum absolute atomic E-state index is 5.92. The molecule has 1 fully saturated rings. The third kappa shape index (κ3) is 3.09. The van der Waals surface area contributed by atoms with Gasteiger partial charge in [-0.05, 0) is 29.7 Å². The second-order valence-electron chi connectivity index (χ2n) is 5.36. The van der Waals surface area contributed by atoms with E-state index >= 15 is 0 Å². The second kappa shape index (κ2) is 5.97. The van der Waals surface area contributed by atoms with Crippen molar-refractivity contribution in [1.29, 1.82) is 0 Å². The van der Waals surface area contributed by atoms with Crippen LogP contribution in [0.2, 0.25) is 0 Å². The van der Waals surface area contributed by atoms with Crippen molar-refractivity contribution in [3.05, 3.63) is 54.1 Å². The molecular formula is C17H20O3S. The number of fused-ring (bicyclic) bond motifs is 1. The Kier molecular flexibility index (Phi) is 4.22. The predicted octanol–water partition coefficient (Wildman–Crippen LogP) is 3.77. The molecule has 0 amide bonds. The summed E-state index contributed by atoms with van der Waals surface area (Å²) in [5.41, 5.74) is 2.25. The Balaban J connectivity index is 1.61. The summed E-state index contributed by atoms with van der Waals surface area (Å²) >= 11 is 1.79. The highest BCUT2D eigenvalue weighted by Crippen LogP contribution is 2.41. The fourth-order valence-corrected chi connectivity index (χ4v) is 3.54. The van der Waals surface area contributed by atoms with Gasteiger partial charge in [-0.1, -0.05) is 30.9 Å². The van der Waals surface area contributed by atoms with Gasteiger partial charge in [0.15, 0.2) is 0 Å². The number of ether oxygens (including phenoxy) is 3. The summed E-state index contributed by atoms with van der Waals surface area (Å²) < 4.78 is 17.0. The lowest BCUT2D eigenvalue weighted by atomic mass is 10.1. The molecule has 4 heteroatoms. The Labute approximate surface area is 130 Å². The highest BCUT2D eigenvalue weighted by atomic mass is 32.2. The summed E-state index contributed by atoms with van der Waals surface area (Å²) in [6, 6.07) is 10.3. The van der Waals surface area contributed by atoms with Gasteiger partial charge in [0.2, 0.25) is 0 Å². The van der Waals surface area contributed by atoms with E-state index in [-0.39, 0.29) is 12.2 Å². The summed E-state index contributed by atoms with van der Waals surface area (Å²) in [6.45, 7) is 6.03. The molecule has 0 N–H and O–H groups in total. The van der Waals surface area contributed by atoms with Crippen LogP contribution >= 0.6 is 11.8 Å². The van der Waals surface area contributed by atoms with Crippen molar-refractivity contribution in [1.82, 2.24) is 0 Å². The molecule has 0 saturated carbocycles. The van der Waals surface area contributed by atoms with Crippen molar-refractivity contribution in [2.24, 2.45) is 0 Å². The average molecular weight is 304 g/mol. The van der Waals surface area contributed by atoms with Crippen LogP contribution in [-0.4, -0.2) is 31.0 Å². The van der Waals surface area contributed by atoms with Crippen LogP contribution in [0.4, 0.5) is 0 Å². The van der Waals surface area contributed by atoms with E-state index in [4.69, 9.17) is 14.2 Å². The van der Waals surface area contributed by atoms with E-state index in [0.29, 0.717) is 0 Å². The summed E-state index contributed by atoms with van der Waals surface area (Å²) in [5.74, 6) is -0.0756. The molecule has 3 nitrogen and oxygen atoms in total. The van der Waals surface area contributed by atoms with E-state index in [2.05, 4.69) is 24.8 Å². The average Bonchev–Trinajstić information content (AvgIpc) is 3.03. The molecule has 0 bridgehead atoms. The largest absolute Gasteiger partial charge is 0.331 e. The summed E-state index contributed by atoms with van der Waals surface area (Å²) in [4.78, 5) is 1.25. The van der Waals surface area contributed by atoms with Gasteiger partial charge < -0.3 is 14.2 Å². The van der Waals surface area contributed by atoms with Crippen LogP contribution in [0.5, 0.6) is 0 Å². The van der Waals surface area contributed by atoms with E-state index in [1.807, 2.05) is 25.1 Å². The van der Waals surface area contributed by atoms with Crippen molar-refractivity contribution in [2.45, 2.75) is 36.4 Å². The van der Waals surface area contributed by atoms with E-state index in [1.54, 1.807) is 18.9 Å². The SMILES string of the molecule is C=C(CSc1ccccc1)C1=CCC2OC(C)(OC)OC12. The van der Waals surface area contributed by atoms with Crippen molar-refractivity contribution in [3.63, 3.8) is 0 Å². The summed E-state index contributed by atoms with van der Waals surface area (Å²) in [6.07, 6.45) is 3.02. The molecule has 21 heavy (non-hydrogen) atoms. The Morgan fingerprint density at radius 3 is 2.86 bits per heavy atom. The molecule has 3 unspecified atom stereocenters. The lowest BCUT2D eigenvalue weighted by Gasteiger charge is -2.22. The normalized spacial score (nSPS) is 31.0. The molecule has 0 aromatic heterocycles. The Morgan fingerprint density at radius 1 is 1.38 bits per heavy atom. The molecule has 2 aliphatic rings. The fraction of sp³-hybridized carbons (Fsp3) is 0.412. The van der Waals surface area contributed by atoms with Gasteiger partial charge in [0.1, 0.15) is 6.10 Å². The third-order valence-electron chi connectivity index (χ3n) is 3.86. The van der Waals surface area contributed by atoms with Gasteiger partial charge in [0.05, 0.1) is 6.10 Å². The fourth-order valence-electron chi connectivity index (χ4n) is 2.68. The molecule has 0 spiro atoms. The monoisotopic (exact) mass is 304 g/mol. The van der Waals surface area contributed by atoms with Crippen molar-refractivity contribution in [2.75, 3.05) is 12.9 Å². The highest BCUT2D eigenvalue weighted by Gasteiger charge is 2.48. The van der Waals surface area contributed by atoms with Crippen LogP contribution in [0.25, 0.3) is 0 Å². The molecule has 1 saturated heterocycles. The van der Waals surface area contributed by atoms with Crippen LogP contribution < -0.4 is 0 Å². The molecule has 3 atom stereocenters. The Morgan fingerprint density at radius 2 is 2.14 bits per heavy atom. The predicted molar refractivity (Wildman–Crippen MR) is 84.2 cm³/mol. The zero-order valence-corrected chi connectivity index (χ0v) is 13.2. The van der Waals surface area contributed by atoms with Crippen LogP contribution in [0, 0.1) is 0 Å². The van der Waals surface area contributed by atoms with Gasteiger partial charge >= 0.3 is 0 Å².